The first-order chi connectivity index (χ1) is 24.6. The number of carbonyl (C=O) groups is 1. The Morgan fingerprint density at radius 1 is 0.731 bits per heavy atom. The van der Waals surface area contributed by atoms with Crippen LogP contribution in [0.3, 0.4) is 0 Å². The Kier molecular flexibility index (Phi) is 17.1. The number of hydrogen-bond donors (Lipinski definition) is 0. The normalized spacial score (nSPS) is 14.0. The van der Waals surface area contributed by atoms with Gasteiger partial charge in [0.05, 0.1) is 26.2 Å². The van der Waals surface area contributed by atoms with Crippen LogP contribution in [0.2, 0.25) is 23.2 Å². The number of benzene rings is 3. The van der Waals surface area contributed by atoms with E-state index in [-0.39, 0.29) is 28.1 Å². The van der Waals surface area contributed by atoms with Crippen LogP contribution in [-0.4, -0.2) is 55.6 Å². The lowest BCUT2D eigenvalue weighted by Gasteiger charge is -2.42. The lowest BCUT2D eigenvalue weighted by molar-refractivity contribution is -0.151. The first-order valence-corrected chi connectivity index (χ1v) is 23.9. The van der Waals surface area contributed by atoms with Crippen LogP contribution >= 0.6 is 0 Å². The number of ether oxygens (including phenoxy) is 3. The summed E-state index contributed by atoms with van der Waals surface area (Å²) in [5, 5.41) is 2.53. The minimum atomic E-state index is -2.65. The molecular formula is C44H66O6Si2. The van der Waals surface area contributed by atoms with Crippen molar-refractivity contribution in [2.75, 3.05) is 26.9 Å². The van der Waals surface area contributed by atoms with Crippen LogP contribution < -0.4 is 15.1 Å². The second-order valence-corrected chi connectivity index (χ2v) is 25.5. The van der Waals surface area contributed by atoms with Crippen LogP contribution in [0.25, 0.3) is 0 Å². The molecule has 0 saturated carbocycles. The van der Waals surface area contributed by atoms with Crippen molar-refractivity contribution in [1.29, 1.82) is 0 Å². The van der Waals surface area contributed by atoms with Crippen molar-refractivity contribution in [3.05, 3.63) is 103 Å². The van der Waals surface area contributed by atoms with Gasteiger partial charge in [0.2, 0.25) is 0 Å². The molecule has 0 fully saturated rings. The molecule has 0 bridgehead atoms. The van der Waals surface area contributed by atoms with Crippen LogP contribution in [-0.2, 0) is 29.7 Å². The van der Waals surface area contributed by atoms with E-state index in [4.69, 9.17) is 23.1 Å². The molecule has 0 aliphatic carbocycles. The molecule has 0 aliphatic heterocycles. The fourth-order valence-corrected chi connectivity index (χ4v) is 11.9. The van der Waals surface area contributed by atoms with Crippen molar-refractivity contribution in [2.24, 2.45) is 5.92 Å². The number of methoxy groups -OCH3 is 1. The van der Waals surface area contributed by atoms with E-state index >= 15 is 0 Å². The quantitative estimate of drug-likeness (QED) is 0.0468. The fraction of sp³-hybridized carbons (Fsp3) is 0.523. The summed E-state index contributed by atoms with van der Waals surface area (Å²) in [6.45, 7) is 22.4. The van der Waals surface area contributed by atoms with Crippen LogP contribution in [0.4, 0.5) is 0 Å². The van der Waals surface area contributed by atoms with Gasteiger partial charge in [0.15, 0.2) is 8.32 Å². The van der Waals surface area contributed by atoms with E-state index in [1.54, 1.807) is 7.11 Å². The highest BCUT2D eigenvalue weighted by Crippen LogP contribution is 2.37. The van der Waals surface area contributed by atoms with E-state index in [2.05, 4.69) is 115 Å². The monoisotopic (exact) mass is 746 g/mol. The number of unbranched alkanes of at least 4 members (excludes halogenated alkanes) is 1. The maximum Gasteiger partial charge on any atom is 0.309 e. The Hall–Kier alpha value is -3.02. The summed E-state index contributed by atoms with van der Waals surface area (Å²) in [5.74, 6) is 0.509. The van der Waals surface area contributed by atoms with Crippen molar-refractivity contribution in [1.82, 2.24) is 0 Å². The molecule has 6 nitrogen and oxygen atoms in total. The van der Waals surface area contributed by atoms with Gasteiger partial charge in [0, 0.05) is 13.2 Å². The zero-order chi connectivity index (χ0) is 38.3. The Balaban J connectivity index is 1.60. The van der Waals surface area contributed by atoms with Gasteiger partial charge in [-0.1, -0.05) is 127 Å². The van der Waals surface area contributed by atoms with Gasteiger partial charge in [-0.2, -0.15) is 0 Å². The summed E-state index contributed by atoms with van der Waals surface area (Å²) in [7, 11) is -2.83. The molecule has 52 heavy (non-hydrogen) atoms. The lowest BCUT2D eigenvalue weighted by atomic mass is 9.97. The Morgan fingerprint density at radius 2 is 1.31 bits per heavy atom. The van der Waals surface area contributed by atoms with Crippen LogP contribution in [0.1, 0.15) is 86.1 Å². The molecule has 2 atom stereocenters. The van der Waals surface area contributed by atoms with E-state index in [9.17, 15) is 4.79 Å². The zero-order valence-corrected chi connectivity index (χ0v) is 35.7. The SMILES string of the molecule is COc1ccc(COCCCC[C@H](CCCO[Si](C)(C)C(C)(C)C)C(=O)O[C@H](C)/C=C/CO[Si](c2ccccc2)(c2ccccc2)C(C)(C)C)cc1. The minimum absolute atomic E-state index is 0.107. The molecule has 3 aromatic carbocycles. The van der Waals surface area contributed by atoms with Crippen LogP contribution in [0.5, 0.6) is 5.75 Å². The second kappa shape index (κ2) is 20.4. The number of hydrogen-bond acceptors (Lipinski definition) is 6. The molecule has 3 aromatic rings. The third-order valence-electron chi connectivity index (χ3n) is 10.3. The summed E-state index contributed by atoms with van der Waals surface area (Å²) in [4.78, 5) is 13.6. The van der Waals surface area contributed by atoms with Crippen LogP contribution in [0.15, 0.2) is 97.1 Å². The third kappa shape index (κ3) is 12.8. The van der Waals surface area contributed by atoms with Crippen molar-refractivity contribution in [3.63, 3.8) is 0 Å². The Bertz CT molecular complexity index is 1440. The smallest absolute Gasteiger partial charge is 0.309 e. The number of carbonyl (C=O) groups excluding carboxylic acids is 1. The van der Waals surface area contributed by atoms with Gasteiger partial charge in [-0.25, -0.2) is 0 Å². The first kappa shape index (κ1) is 43.4. The summed E-state index contributed by atoms with van der Waals surface area (Å²) >= 11 is 0. The average molecular weight is 747 g/mol. The van der Waals surface area contributed by atoms with Gasteiger partial charge in [-0.3, -0.25) is 4.79 Å². The lowest BCUT2D eigenvalue weighted by Crippen LogP contribution is -2.66. The van der Waals surface area contributed by atoms with Gasteiger partial charge in [-0.15, -0.1) is 0 Å². The molecule has 0 saturated heterocycles. The molecule has 0 spiro atoms. The summed E-state index contributed by atoms with van der Waals surface area (Å²) in [5.41, 5.74) is 1.11. The number of rotatable bonds is 21. The zero-order valence-electron chi connectivity index (χ0n) is 33.7. The van der Waals surface area contributed by atoms with Crippen molar-refractivity contribution < 1.29 is 27.9 Å². The Labute approximate surface area is 317 Å². The molecule has 0 unspecified atom stereocenters. The molecule has 286 valence electrons. The molecule has 0 radical (unpaired) electrons. The van der Waals surface area contributed by atoms with Gasteiger partial charge >= 0.3 is 5.97 Å². The summed E-state index contributed by atoms with van der Waals surface area (Å²) in [6.07, 6.45) is 7.72. The largest absolute Gasteiger partial charge is 0.497 e. The molecule has 0 amide bonds. The van der Waals surface area contributed by atoms with E-state index in [1.165, 1.54) is 10.4 Å². The van der Waals surface area contributed by atoms with E-state index < -0.39 is 16.6 Å². The fourth-order valence-electron chi connectivity index (χ4n) is 6.26. The van der Waals surface area contributed by atoms with Crippen LogP contribution in [0, 0.1) is 5.92 Å². The molecule has 0 heterocycles. The van der Waals surface area contributed by atoms with Crippen molar-refractivity contribution >= 4 is 33.0 Å². The second-order valence-electron chi connectivity index (χ2n) is 16.4. The van der Waals surface area contributed by atoms with E-state index in [0.717, 1.165) is 43.4 Å². The molecule has 0 N–H and O–H groups in total. The highest BCUT2D eigenvalue weighted by molar-refractivity contribution is 6.99. The molecule has 3 rings (SSSR count). The molecule has 0 aromatic heterocycles. The van der Waals surface area contributed by atoms with Crippen molar-refractivity contribution in [3.8, 4) is 5.75 Å². The van der Waals surface area contributed by atoms with Gasteiger partial charge in [0.1, 0.15) is 11.9 Å². The third-order valence-corrected chi connectivity index (χ3v) is 19.9. The predicted molar refractivity (Wildman–Crippen MR) is 221 cm³/mol. The maximum atomic E-state index is 13.6. The maximum absolute atomic E-state index is 13.6. The minimum Gasteiger partial charge on any atom is -0.497 e. The molecule has 8 heteroatoms. The highest BCUT2D eigenvalue weighted by atomic mass is 28.4. The molecular weight excluding hydrogens is 681 g/mol. The predicted octanol–water partition coefficient (Wildman–Crippen LogP) is 9.86. The highest BCUT2D eigenvalue weighted by Gasteiger charge is 2.50. The average Bonchev–Trinajstić information content (AvgIpc) is 3.10. The first-order valence-electron chi connectivity index (χ1n) is 19.1. The van der Waals surface area contributed by atoms with Gasteiger partial charge in [0.25, 0.3) is 8.32 Å². The standard InChI is InChI=1S/C44H66O6Si2/c1-36(21-19-34-49-52(44(5,6)7,40-24-13-11-14-25-40)41-26-15-12-16-27-41)50-42(45)38(23-20-33-48-51(9,10)43(2,3)4)22-17-18-32-47-35-37-28-30-39(46-8)31-29-37/h11-16,19,21,24-31,36,38H,17-18,20,22-23,32-35H2,1-10H3/b21-19+/t36-,38-/m1/s1. The van der Waals surface area contributed by atoms with Crippen molar-refractivity contribution in [2.45, 2.75) is 116 Å². The van der Waals surface area contributed by atoms with Gasteiger partial charge in [-0.05, 0) is 89.9 Å². The van der Waals surface area contributed by atoms with Gasteiger partial charge < -0.3 is 23.1 Å². The summed E-state index contributed by atoms with van der Waals surface area (Å²) in [6, 6.07) is 29.2. The number of esters is 1. The topological polar surface area (TPSA) is 63.2 Å². The Morgan fingerprint density at radius 3 is 1.85 bits per heavy atom. The summed E-state index contributed by atoms with van der Waals surface area (Å²) < 4.78 is 30.7. The van der Waals surface area contributed by atoms with E-state index in [0.29, 0.717) is 26.4 Å². The van der Waals surface area contributed by atoms with E-state index in [1.807, 2.05) is 43.3 Å². The molecule has 0 aliphatic rings.